The highest BCUT2D eigenvalue weighted by Crippen LogP contribution is 2.30. The van der Waals surface area contributed by atoms with Crippen LogP contribution in [0.1, 0.15) is 18.2 Å². The van der Waals surface area contributed by atoms with Crippen LogP contribution in [0.4, 0.5) is 5.69 Å². The van der Waals surface area contributed by atoms with Gasteiger partial charge in [-0.1, -0.05) is 18.2 Å². The van der Waals surface area contributed by atoms with Crippen molar-refractivity contribution < 1.29 is 14.6 Å². The number of ether oxygens (including phenoxy) is 2. The van der Waals surface area contributed by atoms with Gasteiger partial charge >= 0.3 is 0 Å². The Hall–Kier alpha value is -2.99. The molecule has 2 heterocycles. The van der Waals surface area contributed by atoms with E-state index in [-0.39, 0.29) is 0 Å². The van der Waals surface area contributed by atoms with Crippen LogP contribution in [0.3, 0.4) is 0 Å². The molecule has 0 radical (unpaired) electrons. The summed E-state index contributed by atoms with van der Waals surface area (Å²) in [6.45, 7) is 2.77. The number of benzene rings is 2. The second-order valence-electron chi connectivity index (χ2n) is 6.34. The van der Waals surface area contributed by atoms with Gasteiger partial charge in [-0.05, 0) is 31.2 Å². The number of nitrogens with one attached hydrogen (secondary N) is 1. The molecule has 0 spiro atoms. The highest BCUT2D eigenvalue weighted by molar-refractivity contribution is 5.62. The molecule has 134 valence electrons. The van der Waals surface area contributed by atoms with Gasteiger partial charge in [-0.25, -0.2) is 0 Å². The van der Waals surface area contributed by atoms with Gasteiger partial charge in [0.15, 0.2) is 0 Å². The van der Waals surface area contributed by atoms with Gasteiger partial charge in [0.2, 0.25) is 0 Å². The maximum absolute atomic E-state index is 9.48. The summed E-state index contributed by atoms with van der Waals surface area (Å²) in [4.78, 5) is 0. The second kappa shape index (κ2) is 6.72. The van der Waals surface area contributed by atoms with Gasteiger partial charge in [-0.3, -0.25) is 4.68 Å². The average Bonchev–Trinajstić information content (AvgIpc) is 2.96. The zero-order valence-corrected chi connectivity index (χ0v) is 14.8. The number of aliphatic hydroxyl groups is 1. The van der Waals surface area contributed by atoms with E-state index in [1.54, 1.807) is 14.0 Å². The SMILES string of the molecule is COc1cccc(-c2cc3n(n2)Cc2ccc(NC(C)O)cc2OC3)c1. The number of hydrogen-bond donors (Lipinski definition) is 2. The molecular formula is C20H21N3O3. The third kappa shape index (κ3) is 3.23. The molecule has 1 atom stereocenters. The van der Waals surface area contributed by atoms with E-state index in [4.69, 9.17) is 14.6 Å². The molecule has 6 nitrogen and oxygen atoms in total. The number of anilines is 1. The van der Waals surface area contributed by atoms with Crippen LogP contribution < -0.4 is 14.8 Å². The molecule has 0 bridgehead atoms. The fraction of sp³-hybridized carbons (Fsp3) is 0.250. The zero-order chi connectivity index (χ0) is 18.1. The van der Waals surface area contributed by atoms with E-state index in [1.165, 1.54) is 0 Å². The molecule has 1 unspecified atom stereocenters. The first kappa shape index (κ1) is 16.5. The zero-order valence-electron chi connectivity index (χ0n) is 14.8. The number of fused-ring (bicyclic) bond motifs is 2. The summed E-state index contributed by atoms with van der Waals surface area (Å²) in [5, 5.41) is 17.2. The van der Waals surface area contributed by atoms with E-state index in [1.807, 2.05) is 47.1 Å². The van der Waals surface area contributed by atoms with Gasteiger partial charge < -0.3 is 19.9 Å². The number of aliphatic hydroxyl groups excluding tert-OH is 1. The van der Waals surface area contributed by atoms with Crippen molar-refractivity contribution in [2.45, 2.75) is 26.3 Å². The van der Waals surface area contributed by atoms with Crippen molar-refractivity contribution in [3.05, 3.63) is 59.8 Å². The fourth-order valence-corrected chi connectivity index (χ4v) is 3.10. The molecule has 0 saturated heterocycles. The molecule has 2 aromatic carbocycles. The lowest BCUT2D eigenvalue weighted by Crippen LogP contribution is -2.13. The van der Waals surface area contributed by atoms with Crippen molar-refractivity contribution in [3.63, 3.8) is 0 Å². The van der Waals surface area contributed by atoms with Crippen LogP contribution in [0.15, 0.2) is 48.5 Å². The minimum atomic E-state index is -0.611. The third-order valence-electron chi connectivity index (χ3n) is 4.37. The molecule has 0 amide bonds. The van der Waals surface area contributed by atoms with Crippen LogP contribution in [-0.2, 0) is 13.2 Å². The number of hydrogen-bond acceptors (Lipinski definition) is 5. The van der Waals surface area contributed by atoms with Gasteiger partial charge in [-0.2, -0.15) is 5.10 Å². The van der Waals surface area contributed by atoms with Crippen molar-refractivity contribution in [1.82, 2.24) is 9.78 Å². The number of aromatic nitrogens is 2. The van der Waals surface area contributed by atoms with Crippen LogP contribution in [0, 0.1) is 0 Å². The number of methoxy groups -OCH3 is 1. The van der Waals surface area contributed by atoms with E-state index < -0.39 is 6.23 Å². The molecule has 2 N–H and O–H groups in total. The van der Waals surface area contributed by atoms with Crippen molar-refractivity contribution in [2.75, 3.05) is 12.4 Å². The average molecular weight is 351 g/mol. The Kier molecular flexibility index (Phi) is 4.26. The summed E-state index contributed by atoms with van der Waals surface area (Å²) in [6, 6.07) is 15.8. The Morgan fingerprint density at radius 2 is 2.12 bits per heavy atom. The van der Waals surface area contributed by atoms with Crippen molar-refractivity contribution in [2.24, 2.45) is 0 Å². The van der Waals surface area contributed by atoms with E-state index in [0.717, 1.165) is 39.7 Å². The summed E-state index contributed by atoms with van der Waals surface area (Å²) >= 11 is 0. The van der Waals surface area contributed by atoms with Gasteiger partial charge in [0.25, 0.3) is 0 Å². The first-order chi connectivity index (χ1) is 12.6. The number of nitrogens with zero attached hydrogens (tertiary/aromatic N) is 2. The molecule has 3 aromatic rings. The summed E-state index contributed by atoms with van der Waals surface area (Å²) in [7, 11) is 1.66. The maximum atomic E-state index is 9.48. The minimum absolute atomic E-state index is 0.447. The molecule has 1 aromatic heterocycles. The minimum Gasteiger partial charge on any atom is -0.497 e. The first-order valence-electron chi connectivity index (χ1n) is 8.54. The molecule has 26 heavy (non-hydrogen) atoms. The second-order valence-corrected chi connectivity index (χ2v) is 6.34. The fourth-order valence-electron chi connectivity index (χ4n) is 3.10. The smallest absolute Gasteiger partial charge is 0.130 e. The molecule has 0 aliphatic carbocycles. The Balaban J connectivity index is 1.63. The largest absolute Gasteiger partial charge is 0.497 e. The van der Waals surface area contributed by atoms with Crippen molar-refractivity contribution in [1.29, 1.82) is 0 Å². The Bertz CT molecular complexity index is 934. The quantitative estimate of drug-likeness (QED) is 0.706. The van der Waals surface area contributed by atoms with Crippen LogP contribution >= 0.6 is 0 Å². The molecule has 4 rings (SSSR count). The molecular weight excluding hydrogens is 330 g/mol. The van der Waals surface area contributed by atoms with E-state index in [9.17, 15) is 5.11 Å². The lowest BCUT2D eigenvalue weighted by Gasteiger charge is -2.12. The number of rotatable bonds is 4. The molecule has 1 aliphatic heterocycles. The standard InChI is InChI=1S/C20H21N3O3/c1-13(24)21-16-7-6-15-11-23-17(12-26-20(15)9-16)10-19(22-23)14-4-3-5-18(8-14)25-2/h3-10,13,21,24H,11-12H2,1-2H3. The highest BCUT2D eigenvalue weighted by Gasteiger charge is 2.18. The Morgan fingerprint density at radius 1 is 1.23 bits per heavy atom. The van der Waals surface area contributed by atoms with Gasteiger partial charge in [0.1, 0.15) is 24.3 Å². The molecule has 0 fully saturated rings. The van der Waals surface area contributed by atoms with E-state index in [2.05, 4.69) is 11.4 Å². The lowest BCUT2D eigenvalue weighted by atomic mass is 10.1. The lowest BCUT2D eigenvalue weighted by molar-refractivity contribution is 0.224. The van der Waals surface area contributed by atoms with E-state index in [0.29, 0.717) is 13.2 Å². The first-order valence-corrected chi connectivity index (χ1v) is 8.54. The molecule has 6 heteroatoms. The summed E-state index contributed by atoms with van der Waals surface area (Å²) in [6.07, 6.45) is -0.611. The van der Waals surface area contributed by atoms with Crippen LogP contribution in [0.25, 0.3) is 11.3 Å². The maximum Gasteiger partial charge on any atom is 0.130 e. The summed E-state index contributed by atoms with van der Waals surface area (Å²) in [5.41, 5.74) is 4.82. The summed E-state index contributed by atoms with van der Waals surface area (Å²) in [5.74, 6) is 1.62. The third-order valence-corrected chi connectivity index (χ3v) is 4.37. The van der Waals surface area contributed by atoms with E-state index >= 15 is 0 Å². The van der Waals surface area contributed by atoms with Crippen LogP contribution in [0.2, 0.25) is 0 Å². The van der Waals surface area contributed by atoms with Gasteiger partial charge in [0.05, 0.1) is 25.0 Å². The molecule has 0 saturated carbocycles. The predicted octanol–water partition coefficient (Wildman–Crippen LogP) is 3.25. The van der Waals surface area contributed by atoms with Crippen molar-refractivity contribution in [3.8, 4) is 22.8 Å². The Labute approximate surface area is 152 Å². The topological polar surface area (TPSA) is 68.5 Å². The van der Waals surface area contributed by atoms with Gasteiger partial charge in [0, 0.05) is 22.9 Å². The molecule has 1 aliphatic rings. The summed E-state index contributed by atoms with van der Waals surface area (Å²) < 4.78 is 13.3. The van der Waals surface area contributed by atoms with Crippen molar-refractivity contribution >= 4 is 5.69 Å². The predicted molar refractivity (Wildman–Crippen MR) is 99.4 cm³/mol. The Morgan fingerprint density at radius 3 is 2.92 bits per heavy atom. The normalized spacial score (nSPS) is 13.8. The monoisotopic (exact) mass is 351 g/mol. The van der Waals surface area contributed by atoms with Crippen LogP contribution in [-0.4, -0.2) is 28.2 Å². The highest BCUT2D eigenvalue weighted by atomic mass is 16.5. The van der Waals surface area contributed by atoms with Gasteiger partial charge in [-0.15, -0.1) is 0 Å². The van der Waals surface area contributed by atoms with Crippen LogP contribution in [0.5, 0.6) is 11.5 Å².